The average Bonchev–Trinajstić information content (AvgIpc) is 3.08. The van der Waals surface area contributed by atoms with E-state index in [0.29, 0.717) is 31.7 Å². The number of hydrogen-bond acceptors (Lipinski definition) is 4. The maximum atomic E-state index is 13.3. The van der Waals surface area contributed by atoms with Crippen LogP contribution in [0.4, 0.5) is 5.69 Å². The molecule has 1 atom stereocenters. The summed E-state index contributed by atoms with van der Waals surface area (Å²) >= 11 is 3.50. The molecule has 0 aliphatic carbocycles. The van der Waals surface area contributed by atoms with Crippen molar-refractivity contribution >= 4 is 37.5 Å². The van der Waals surface area contributed by atoms with Gasteiger partial charge in [-0.3, -0.25) is 4.79 Å². The summed E-state index contributed by atoms with van der Waals surface area (Å²) in [5, 5.41) is 0. The Morgan fingerprint density at radius 1 is 1.10 bits per heavy atom. The van der Waals surface area contributed by atoms with Gasteiger partial charge in [0.1, 0.15) is 5.75 Å². The lowest BCUT2D eigenvalue weighted by Gasteiger charge is -2.34. The van der Waals surface area contributed by atoms with E-state index < -0.39 is 10.0 Å². The van der Waals surface area contributed by atoms with Gasteiger partial charge in [0.15, 0.2) is 0 Å². The number of fused-ring (bicyclic) bond motifs is 1. The molecule has 0 N–H and O–H groups in total. The summed E-state index contributed by atoms with van der Waals surface area (Å²) in [6.45, 7) is 2.76. The van der Waals surface area contributed by atoms with E-state index in [1.165, 1.54) is 9.87 Å². The standard InChI is InChI=1S/C22H25BrN2O4S/c1-15-13-17-14-18(23)3-8-21(17)25(15)22(26)16-9-11-24(12-10-16)30(27,28)20-6-4-19(29-2)5-7-20/h3-8,14-16H,9-13H2,1-2H3. The molecule has 4 rings (SSSR count). The Kier molecular flexibility index (Phi) is 5.92. The summed E-state index contributed by atoms with van der Waals surface area (Å²) < 4.78 is 33.5. The normalized spacial score (nSPS) is 20.2. The molecule has 2 aromatic carbocycles. The zero-order valence-corrected chi connectivity index (χ0v) is 19.4. The molecular formula is C22H25BrN2O4S. The number of nitrogens with zero attached hydrogens (tertiary/aromatic N) is 2. The number of piperidine rings is 1. The Morgan fingerprint density at radius 3 is 2.40 bits per heavy atom. The van der Waals surface area contributed by atoms with E-state index in [4.69, 9.17) is 4.74 Å². The van der Waals surface area contributed by atoms with Crippen molar-refractivity contribution in [1.29, 1.82) is 0 Å². The van der Waals surface area contributed by atoms with E-state index in [1.54, 1.807) is 31.4 Å². The second-order valence-electron chi connectivity index (χ2n) is 7.89. The summed E-state index contributed by atoms with van der Waals surface area (Å²) in [7, 11) is -2.03. The molecule has 2 aromatic rings. The summed E-state index contributed by atoms with van der Waals surface area (Å²) in [5.74, 6) is 0.555. The molecule has 0 spiro atoms. The number of hydrogen-bond donors (Lipinski definition) is 0. The molecule has 1 unspecified atom stereocenters. The lowest BCUT2D eigenvalue weighted by atomic mass is 9.96. The van der Waals surface area contributed by atoms with Crippen LogP contribution in [-0.2, 0) is 21.2 Å². The van der Waals surface area contributed by atoms with Crippen LogP contribution in [0.25, 0.3) is 0 Å². The number of sulfonamides is 1. The number of ether oxygens (including phenoxy) is 1. The maximum Gasteiger partial charge on any atom is 0.243 e. The van der Waals surface area contributed by atoms with Gasteiger partial charge in [-0.1, -0.05) is 15.9 Å². The lowest BCUT2D eigenvalue weighted by molar-refractivity contribution is -0.123. The predicted octanol–water partition coefficient (Wildman–Crippen LogP) is 3.84. The monoisotopic (exact) mass is 492 g/mol. The average molecular weight is 493 g/mol. The molecule has 6 nitrogen and oxygen atoms in total. The molecule has 2 heterocycles. The second-order valence-corrected chi connectivity index (χ2v) is 10.7. The first kappa shape index (κ1) is 21.3. The molecule has 0 bridgehead atoms. The molecule has 1 fully saturated rings. The van der Waals surface area contributed by atoms with Crippen LogP contribution in [-0.4, -0.2) is 44.9 Å². The Labute approximate surface area is 186 Å². The fourth-order valence-electron chi connectivity index (χ4n) is 4.37. The summed E-state index contributed by atoms with van der Waals surface area (Å²) in [5.41, 5.74) is 2.15. The van der Waals surface area contributed by atoms with Crippen LogP contribution in [0.1, 0.15) is 25.3 Å². The third-order valence-electron chi connectivity index (χ3n) is 5.99. The van der Waals surface area contributed by atoms with E-state index in [9.17, 15) is 13.2 Å². The third-order valence-corrected chi connectivity index (χ3v) is 8.40. The van der Waals surface area contributed by atoms with E-state index in [0.717, 1.165) is 16.6 Å². The molecule has 8 heteroatoms. The van der Waals surface area contributed by atoms with Crippen molar-refractivity contribution in [2.45, 2.75) is 37.1 Å². The molecule has 160 valence electrons. The van der Waals surface area contributed by atoms with Crippen molar-refractivity contribution < 1.29 is 17.9 Å². The van der Waals surface area contributed by atoms with Crippen LogP contribution in [0.5, 0.6) is 5.75 Å². The number of benzene rings is 2. The maximum absolute atomic E-state index is 13.3. The Morgan fingerprint density at radius 2 is 1.77 bits per heavy atom. The van der Waals surface area contributed by atoms with Gasteiger partial charge in [-0.05, 0) is 74.2 Å². The van der Waals surface area contributed by atoms with Crippen LogP contribution in [0, 0.1) is 5.92 Å². The molecule has 0 saturated carbocycles. The van der Waals surface area contributed by atoms with Crippen LogP contribution in [0.2, 0.25) is 0 Å². The summed E-state index contributed by atoms with van der Waals surface area (Å²) in [6.07, 6.45) is 1.90. The van der Waals surface area contributed by atoms with Crippen molar-refractivity contribution in [2.75, 3.05) is 25.1 Å². The number of amides is 1. The highest BCUT2D eigenvalue weighted by atomic mass is 79.9. The Hall–Kier alpha value is -1.90. The molecule has 30 heavy (non-hydrogen) atoms. The number of methoxy groups -OCH3 is 1. The molecule has 0 aromatic heterocycles. The molecule has 1 amide bonds. The van der Waals surface area contributed by atoms with Crippen molar-refractivity contribution in [3.8, 4) is 5.75 Å². The number of halogens is 1. The largest absolute Gasteiger partial charge is 0.497 e. The number of carbonyl (C=O) groups is 1. The van der Waals surface area contributed by atoms with E-state index >= 15 is 0 Å². The molecule has 1 saturated heterocycles. The van der Waals surface area contributed by atoms with Crippen LogP contribution < -0.4 is 9.64 Å². The van der Waals surface area contributed by atoms with Gasteiger partial charge in [0, 0.05) is 35.2 Å². The van der Waals surface area contributed by atoms with Gasteiger partial charge >= 0.3 is 0 Å². The van der Waals surface area contributed by atoms with Gasteiger partial charge in [0.25, 0.3) is 0 Å². The minimum Gasteiger partial charge on any atom is -0.497 e. The van der Waals surface area contributed by atoms with E-state index in [-0.39, 0.29) is 22.8 Å². The highest BCUT2D eigenvalue weighted by Crippen LogP contribution is 2.36. The Bertz CT molecular complexity index is 1050. The van der Waals surface area contributed by atoms with Gasteiger partial charge in [-0.25, -0.2) is 8.42 Å². The van der Waals surface area contributed by atoms with Gasteiger partial charge in [0.2, 0.25) is 15.9 Å². The molecule has 0 radical (unpaired) electrons. The van der Waals surface area contributed by atoms with Crippen molar-refractivity contribution in [1.82, 2.24) is 4.31 Å². The first-order valence-corrected chi connectivity index (χ1v) is 12.3. The van der Waals surface area contributed by atoms with Crippen molar-refractivity contribution in [2.24, 2.45) is 5.92 Å². The van der Waals surface area contributed by atoms with Gasteiger partial charge in [-0.15, -0.1) is 0 Å². The van der Waals surface area contributed by atoms with E-state index in [2.05, 4.69) is 28.9 Å². The van der Waals surface area contributed by atoms with Gasteiger partial charge < -0.3 is 9.64 Å². The quantitative estimate of drug-likeness (QED) is 0.650. The van der Waals surface area contributed by atoms with Crippen molar-refractivity contribution in [3.63, 3.8) is 0 Å². The first-order valence-electron chi connectivity index (χ1n) is 10.1. The third kappa shape index (κ3) is 3.88. The molecule has 2 aliphatic heterocycles. The van der Waals surface area contributed by atoms with Crippen LogP contribution in [0.15, 0.2) is 51.8 Å². The van der Waals surface area contributed by atoms with E-state index in [1.807, 2.05) is 17.0 Å². The fraction of sp³-hybridized carbons (Fsp3) is 0.409. The molecule has 2 aliphatic rings. The molecular weight excluding hydrogens is 468 g/mol. The van der Waals surface area contributed by atoms with Gasteiger partial charge in [-0.2, -0.15) is 4.31 Å². The topological polar surface area (TPSA) is 66.9 Å². The first-order chi connectivity index (χ1) is 14.3. The minimum atomic E-state index is -3.57. The highest BCUT2D eigenvalue weighted by Gasteiger charge is 2.38. The van der Waals surface area contributed by atoms with Crippen LogP contribution >= 0.6 is 15.9 Å². The lowest BCUT2D eigenvalue weighted by Crippen LogP contribution is -2.46. The number of anilines is 1. The predicted molar refractivity (Wildman–Crippen MR) is 119 cm³/mol. The smallest absolute Gasteiger partial charge is 0.243 e. The van der Waals surface area contributed by atoms with Crippen LogP contribution in [0.3, 0.4) is 0 Å². The number of carbonyl (C=O) groups excluding carboxylic acids is 1. The fourth-order valence-corrected chi connectivity index (χ4v) is 6.25. The van der Waals surface area contributed by atoms with Crippen molar-refractivity contribution in [3.05, 3.63) is 52.5 Å². The SMILES string of the molecule is COc1ccc(S(=O)(=O)N2CCC(C(=O)N3c4ccc(Br)cc4CC3C)CC2)cc1. The minimum absolute atomic E-state index is 0.102. The second kappa shape index (κ2) is 8.32. The zero-order chi connectivity index (χ0) is 21.5. The summed E-state index contributed by atoms with van der Waals surface area (Å²) in [6, 6.07) is 12.6. The zero-order valence-electron chi connectivity index (χ0n) is 17.0. The number of rotatable bonds is 4. The highest BCUT2D eigenvalue weighted by molar-refractivity contribution is 9.10. The van der Waals surface area contributed by atoms with Gasteiger partial charge in [0.05, 0.1) is 12.0 Å². The summed E-state index contributed by atoms with van der Waals surface area (Å²) in [4.78, 5) is 15.4. The Balaban J connectivity index is 1.45.